The highest BCUT2D eigenvalue weighted by Crippen LogP contribution is 2.36. The lowest BCUT2D eigenvalue weighted by Gasteiger charge is -2.14. The van der Waals surface area contributed by atoms with E-state index < -0.39 is 0 Å². The molecule has 0 atom stereocenters. The number of ether oxygens (including phenoxy) is 1. The third-order valence-corrected chi connectivity index (χ3v) is 6.31. The van der Waals surface area contributed by atoms with Crippen LogP contribution in [0.2, 0.25) is 0 Å². The van der Waals surface area contributed by atoms with Crippen LogP contribution in [-0.2, 0) is 17.9 Å². The number of rotatable bonds is 7. The van der Waals surface area contributed by atoms with E-state index in [1.54, 1.807) is 6.33 Å². The SMILES string of the molecule is Nc1nc2c(ncn2CCCCOCc2ccc3ccc4cccc5ccc2c3c45)c(=O)[nH]1. The average Bonchev–Trinajstić information content (AvgIpc) is 3.23. The van der Waals surface area contributed by atoms with Crippen LogP contribution in [-0.4, -0.2) is 26.1 Å². The maximum Gasteiger partial charge on any atom is 0.280 e. The topological polar surface area (TPSA) is 98.8 Å². The number of anilines is 1. The van der Waals surface area contributed by atoms with Crippen molar-refractivity contribution in [2.75, 3.05) is 12.3 Å². The van der Waals surface area contributed by atoms with E-state index in [-0.39, 0.29) is 11.5 Å². The van der Waals surface area contributed by atoms with E-state index in [0.29, 0.717) is 30.9 Å². The van der Waals surface area contributed by atoms with Gasteiger partial charge in [-0.25, -0.2) is 4.98 Å². The van der Waals surface area contributed by atoms with Gasteiger partial charge in [0.15, 0.2) is 11.2 Å². The van der Waals surface area contributed by atoms with Crippen molar-refractivity contribution < 1.29 is 4.74 Å². The highest BCUT2D eigenvalue weighted by molar-refractivity contribution is 6.23. The van der Waals surface area contributed by atoms with Crippen LogP contribution in [0.4, 0.5) is 5.95 Å². The summed E-state index contributed by atoms with van der Waals surface area (Å²) in [6.45, 7) is 1.94. The van der Waals surface area contributed by atoms with Crippen LogP contribution in [0.15, 0.2) is 65.7 Å². The molecule has 7 heteroatoms. The molecule has 6 aromatic rings. The Morgan fingerprint density at radius 1 is 0.939 bits per heavy atom. The Morgan fingerprint density at radius 2 is 1.70 bits per heavy atom. The molecule has 0 unspecified atom stereocenters. The summed E-state index contributed by atoms with van der Waals surface area (Å²) in [5.74, 6) is 0.103. The zero-order valence-corrected chi connectivity index (χ0v) is 18.0. The van der Waals surface area contributed by atoms with Crippen molar-refractivity contribution in [2.24, 2.45) is 0 Å². The van der Waals surface area contributed by atoms with Crippen molar-refractivity contribution in [3.8, 4) is 0 Å². The van der Waals surface area contributed by atoms with E-state index in [2.05, 4.69) is 69.5 Å². The zero-order valence-electron chi connectivity index (χ0n) is 18.0. The van der Waals surface area contributed by atoms with E-state index in [1.165, 1.54) is 37.9 Å². The zero-order chi connectivity index (χ0) is 22.4. The number of nitrogen functional groups attached to an aromatic ring is 1. The Labute approximate surface area is 189 Å². The monoisotopic (exact) mass is 437 g/mol. The lowest BCUT2D eigenvalue weighted by Crippen LogP contribution is -2.12. The molecule has 0 saturated heterocycles. The second-order valence-electron chi connectivity index (χ2n) is 8.40. The molecule has 0 aliphatic heterocycles. The minimum atomic E-state index is -0.312. The Hall–Kier alpha value is -3.97. The van der Waals surface area contributed by atoms with Gasteiger partial charge in [-0.15, -0.1) is 0 Å². The summed E-state index contributed by atoms with van der Waals surface area (Å²) < 4.78 is 7.90. The fraction of sp³-hybridized carbons (Fsp3) is 0.192. The van der Waals surface area contributed by atoms with E-state index in [1.807, 2.05) is 4.57 Å². The minimum absolute atomic E-state index is 0.103. The third-order valence-electron chi connectivity index (χ3n) is 6.31. The van der Waals surface area contributed by atoms with Gasteiger partial charge in [-0.3, -0.25) is 9.78 Å². The van der Waals surface area contributed by atoms with Crippen molar-refractivity contribution in [1.82, 2.24) is 19.5 Å². The molecule has 2 aromatic heterocycles. The van der Waals surface area contributed by atoms with Crippen LogP contribution in [0.3, 0.4) is 0 Å². The van der Waals surface area contributed by atoms with Crippen molar-refractivity contribution in [1.29, 1.82) is 0 Å². The number of unbranched alkanes of at least 4 members (excludes halogenated alkanes) is 1. The molecular weight excluding hydrogens is 414 g/mol. The maximum atomic E-state index is 11.9. The van der Waals surface area contributed by atoms with Crippen LogP contribution in [0.5, 0.6) is 0 Å². The van der Waals surface area contributed by atoms with Crippen molar-refractivity contribution >= 4 is 49.4 Å². The molecule has 0 amide bonds. The van der Waals surface area contributed by atoms with Crippen LogP contribution in [0.25, 0.3) is 43.5 Å². The summed E-state index contributed by atoms with van der Waals surface area (Å²) in [6.07, 6.45) is 3.42. The number of nitrogens with zero attached hydrogens (tertiary/aromatic N) is 3. The molecular formula is C26H23N5O2. The fourth-order valence-electron chi connectivity index (χ4n) is 4.72. The quantitative estimate of drug-likeness (QED) is 0.281. The molecule has 0 saturated carbocycles. The maximum absolute atomic E-state index is 11.9. The van der Waals surface area contributed by atoms with Gasteiger partial charge in [0.1, 0.15) is 0 Å². The molecule has 3 N–H and O–H groups in total. The van der Waals surface area contributed by atoms with Crippen LogP contribution < -0.4 is 11.3 Å². The predicted octanol–water partition coefficient (Wildman–Crippen LogP) is 4.60. The summed E-state index contributed by atoms with van der Waals surface area (Å²) >= 11 is 0. The predicted molar refractivity (Wildman–Crippen MR) is 132 cm³/mol. The number of aryl methyl sites for hydroxylation is 1. The minimum Gasteiger partial charge on any atom is -0.377 e. The lowest BCUT2D eigenvalue weighted by atomic mass is 9.92. The summed E-state index contributed by atoms with van der Waals surface area (Å²) in [5, 5.41) is 7.72. The van der Waals surface area contributed by atoms with Gasteiger partial charge >= 0.3 is 0 Å². The Morgan fingerprint density at radius 3 is 2.55 bits per heavy atom. The average molecular weight is 438 g/mol. The molecule has 0 bridgehead atoms. The number of hydrogen-bond donors (Lipinski definition) is 2. The number of imidazole rings is 1. The molecule has 0 aliphatic carbocycles. The number of nitrogens with two attached hydrogens (primary N) is 1. The van der Waals surface area contributed by atoms with Gasteiger partial charge in [0.2, 0.25) is 5.95 Å². The van der Waals surface area contributed by atoms with Gasteiger partial charge in [0, 0.05) is 13.2 Å². The number of H-pyrrole nitrogens is 1. The van der Waals surface area contributed by atoms with Gasteiger partial charge in [0.25, 0.3) is 5.56 Å². The first-order valence-electron chi connectivity index (χ1n) is 11.1. The van der Waals surface area contributed by atoms with Crippen LogP contribution in [0.1, 0.15) is 18.4 Å². The first kappa shape index (κ1) is 19.7. The highest BCUT2D eigenvalue weighted by atomic mass is 16.5. The van der Waals surface area contributed by atoms with Gasteiger partial charge in [-0.2, -0.15) is 4.98 Å². The number of fused-ring (bicyclic) bond motifs is 1. The van der Waals surface area contributed by atoms with Gasteiger partial charge in [-0.05, 0) is 50.7 Å². The Balaban J connectivity index is 1.13. The van der Waals surface area contributed by atoms with Crippen LogP contribution >= 0.6 is 0 Å². The first-order chi connectivity index (χ1) is 16.2. The van der Waals surface area contributed by atoms with E-state index >= 15 is 0 Å². The third kappa shape index (κ3) is 3.37. The van der Waals surface area contributed by atoms with Crippen molar-refractivity contribution in [3.63, 3.8) is 0 Å². The van der Waals surface area contributed by atoms with Crippen molar-refractivity contribution in [2.45, 2.75) is 26.0 Å². The molecule has 0 fully saturated rings. The summed E-state index contributed by atoms with van der Waals surface area (Å²) in [6, 6.07) is 19.6. The summed E-state index contributed by atoms with van der Waals surface area (Å²) in [4.78, 5) is 22.7. The molecule has 164 valence electrons. The van der Waals surface area contributed by atoms with Gasteiger partial charge in [0.05, 0.1) is 12.9 Å². The van der Waals surface area contributed by atoms with E-state index in [4.69, 9.17) is 10.5 Å². The molecule has 0 aliphatic rings. The number of hydrogen-bond acceptors (Lipinski definition) is 5. The number of nitrogens with one attached hydrogen (secondary N) is 1. The second-order valence-corrected chi connectivity index (χ2v) is 8.40. The largest absolute Gasteiger partial charge is 0.377 e. The van der Waals surface area contributed by atoms with Crippen LogP contribution in [0, 0.1) is 0 Å². The van der Waals surface area contributed by atoms with Crippen molar-refractivity contribution in [3.05, 3.63) is 76.8 Å². The molecule has 2 heterocycles. The smallest absolute Gasteiger partial charge is 0.280 e. The second kappa shape index (κ2) is 7.86. The molecule has 6 rings (SSSR count). The number of aromatic nitrogens is 4. The van der Waals surface area contributed by atoms with E-state index in [0.717, 1.165) is 12.8 Å². The van der Waals surface area contributed by atoms with Gasteiger partial charge in [-0.1, -0.05) is 54.6 Å². The summed E-state index contributed by atoms with van der Waals surface area (Å²) in [5.41, 5.74) is 7.39. The normalized spacial score (nSPS) is 12.0. The standard InChI is InChI=1S/C26H23N5O2/c27-26-29-24-23(25(32)30-26)28-15-31(24)12-1-2-13-33-14-19-9-8-18-7-6-16-4-3-5-17-10-11-20(19)22(18)21(16)17/h3-11,15H,1-2,12-14H2,(H3,27,29,30,32). The fourth-order valence-corrected chi connectivity index (χ4v) is 4.72. The molecule has 33 heavy (non-hydrogen) atoms. The molecule has 0 spiro atoms. The molecule has 7 nitrogen and oxygen atoms in total. The molecule has 4 aromatic carbocycles. The number of aromatic amines is 1. The Bertz CT molecular complexity index is 1650. The van der Waals surface area contributed by atoms with Gasteiger partial charge < -0.3 is 15.0 Å². The van der Waals surface area contributed by atoms with E-state index in [9.17, 15) is 4.79 Å². The lowest BCUT2D eigenvalue weighted by molar-refractivity contribution is 0.117. The summed E-state index contributed by atoms with van der Waals surface area (Å²) in [7, 11) is 0. The molecule has 0 radical (unpaired) electrons. The Kier molecular flexibility index (Phi) is 4.69. The highest BCUT2D eigenvalue weighted by Gasteiger charge is 2.11. The number of benzene rings is 4. The first-order valence-corrected chi connectivity index (χ1v) is 11.1.